The van der Waals surface area contributed by atoms with Crippen LogP contribution in [0.25, 0.3) is 11.3 Å². The molecule has 2 rings (SSSR count). The van der Waals surface area contributed by atoms with E-state index in [2.05, 4.69) is 10.3 Å². The molecule has 0 fully saturated rings. The lowest BCUT2D eigenvalue weighted by Crippen LogP contribution is -2.13. The van der Waals surface area contributed by atoms with Gasteiger partial charge in [-0.3, -0.25) is 0 Å². The largest absolute Gasteiger partial charge is 0.417 e. The van der Waals surface area contributed by atoms with Gasteiger partial charge in [-0.1, -0.05) is 43.7 Å². The van der Waals surface area contributed by atoms with Crippen LogP contribution in [0.1, 0.15) is 30.9 Å². The van der Waals surface area contributed by atoms with Gasteiger partial charge in [-0.2, -0.15) is 18.4 Å². The second-order valence-corrected chi connectivity index (χ2v) is 5.03. The fourth-order valence-electron chi connectivity index (χ4n) is 2.15. The van der Waals surface area contributed by atoms with Crippen LogP contribution in [0, 0.1) is 11.3 Å². The van der Waals surface area contributed by atoms with Gasteiger partial charge >= 0.3 is 6.18 Å². The van der Waals surface area contributed by atoms with E-state index in [9.17, 15) is 13.2 Å². The molecule has 0 unspecified atom stereocenters. The normalized spacial score (nSPS) is 11.1. The van der Waals surface area contributed by atoms with Crippen molar-refractivity contribution in [2.24, 2.45) is 0 Å². The zero-order valence-corrected chi connectivity index (χ0v) is 12.6. The lowest BCUT2D eigenvalue weighted by Gasteiger charge is -2.15. The van der Waals surface area contributed by atoms with Gasteiger partial charge in [-0.25, -0.2) is 4.98 Å². The van der Waals surface area contributed by atoms with Crippen molar-refractivity contribution in [3.63, 3.8) is 0 Å². The highest BCUT2D eigenvalue weighted by atomic mass is 19.4. The minimum Gasteiger partial charge on any atom is -0.369 e. The van der Waals surface area contributed by atoms with E-state index in [1.807, 2.05) is 6.92 Å². The molecule has 0 amide bonds. The van der Waals surface area contributed by atoms with Crippen molar-refractivity contribution < 1.29 is 13.2 Å². The summed E-state index contributed by atoms with van der Waals surface area (Å²) in [5.41, 5.74) is -0.668. The number of rotatable bonds is 5. The fourth-order valence-corrected chi connectivity index (χ4v) is 2.15. The van der Waals surface area contributed by atoms with Crippen molar-refractivity contribution in [3.05, 3.63) is 47.5 Å². The molecule has 23 heavy (non-hydrogen) atoms. The first kappa shape index (κ1) is 16.8. The van der Waals surface area contributed by atoms with Crippen LogP contribution in [-0.4, -0.2) is 11.5 Å². The number of benzene rings is 1. The molecule has 120 valence electrons. The summed E-state index contributed by atoms with van der Waals surface area (Å²) in [6.45, 7) is 2.44. The number of hydrogen-bond acceptors (Lipinski definition) is 3. The second-order valence-electron chi connectivity index (χ2n) is 5.03. The molecule has 3 nitrogen and oxygen atoms in total. The molecule has 0 spiro atoms. The Morgan fingerprint density at radius 3 is 2.48 bits per heavy atom. The number of hydrogen-bond donors (Lipinski definition) is 1. The molecule has 0 bridgehead atoms. The number of pyridine rings is 1. The Hall–Kier alpha value is -2.55. The van der Waals surface area contributed by atoms with Crippen molar-refractivity contribution in [1.29, 1.82) is 5.26 Å². The Kier molecular flexibility index (Phi) is 5.22. The Balaban J connectivity index is 2.57. The van der Waals surface area contributed by atoms with Gasteiger partial charge in [0, 0.05) is 12.1 Å². The quantitative estimate of drug-likeness (QED) is 0.801. The van der Waals surface area contributed by atoms with Crippen LogP contribution in [0.3, 0.4) is 0 Å². The van der Waals surface area contributed by atoms with E-state index in [1.165, 1.54) is 0 Å². The van der Waals surface area contributed by atoms with Gasteiger partial charge in [0.25, 0.3) is 0 Å². The average molecular weight is 319 g/mol. The fraction of sp³-hybridized carbons (Fsp3) is 0.294. The van der Waals surface area contributed by atoms with Crippen LogP contribution < -0.4 is 5.32 Å². The molecule has 0 radical (unpaired) electrons. The van der Waals surface area contributed by atoms with E-state index in [1.54, 1.807) is 36.4 Å². The third kappa shape index (κ3) is 4.01. The molecule has 0 atom stereocenters. The number of nitriles is 1. The molecular formula is C17H16F3N3. The molecule has 0 aliphatic heterocycles. The first-order valence-electron chi connectivity index (χ1n) is 7.29. The van der Waals surface area contributed by atoms with Crippen LogP contribution in [0.4, 0.5) is 19.0 Å². The number of alkyl halides is 3. The summed E-state index contributed by atoms with van der Waals surface area (Å²) in [7, 11) is 0. The van der Waals surface area contributed by atoms with Crippen molar-refractivity contribution in [2.75, 3.05) is 11.9 Å². The van der Waals surface area contributed by atoms with Gasteiger partial charge in [0.2, 0.25) is 0 Å². The molecule has 1 aromatic carbocycles. The monoisotopic (exact) mass is 319 g/mol. The highest BCUT2D eigenvalue weighted by Gasteiger charge is 2.36. The van der Waals surface area contributed by atoms with Crippen molar-refractivity contribution in [1.82, 2.24) is 4.98 Å². The SMILES string of the molecule is CCCCNc1nc(-c2ccccc2)cc(C(F)(F)F)c1C#N. The summed E-state index contributed by atoms with van der Waals surface area (Å²) in [6, 6.07) is 11.2. The first-order chi connectivity index (χ1) is 11.0. The first-order valence-corrected chi connectivity index (χ1v) is 7.29. The molecule has 6 heteroatoms. The third-order valence-corrected chi connectivity index (χ3v) is 3.33. The zero-order chi connectivity index (χ0) is 16.9. The van der Waals surface area contributed by atoms with E-state index in [0.717, 1.165) is 18.9 Å². The molecule has 0 aliphatic carbocycles. The Bertz CT molecular complexity index is 704. The molecule has 0 saturated heterocycles. The summed E-state index contributed by atoms with van der Waals surface area (Å²) < 4.78 is 39.9. The lowest BCUT2D eigenvalue weighted by atomic mass is 10.0. The van der Waals surface area contributed by atoms with Crippen molar-refractivity contribution in [2.45, 2.75) is 25.9 Å². The molecule has 2 aromatic rings. The molecule has 1 N–H and O–H groups in total. The van der Waals surface area contributed by atoms with E-state index in [0.29, 0.717) is 12.1 Å². The topological polar surface area (TPSA) is 48.7 Å². The van der Waals surface area contributed by atoms with Crippen molar-refractivity contribution in [3.8, 4) is 17.3 Å². The van der Waals surface area contributed by atoms with Gasteiger partial charge in [0.05, 0.1) is 11.3 Å². The maximum absolute atomic E-state index is 13.3. The number of aromatic nitrogens is 1. The van der Waals surface area contributed by atoms with E-state index < -0.39 is 17.3 Å². The standard InChI is InChI=1S/C17H16F3N3/c1-2-3-9-22-16-13(11-21)14(17(18,19)20)10-15(23-16)12-7-5-4-6-8-12/h4-8,10H,2-3,9H2,1H3,(H,22,23). The minimum atomic E-state index is -4.61. The van der Waals surface area contributed by atoms with E-state index in [4.69, 9.17) is 5.26 Å². The number of unbranched alkanes of at least 4 members (excludes halogenated alkanes) is 1. The predicted octanol–water partition coefficient (Wildman–Crippen LogP) is 4.85. The second kappa shape index (κ2) is 7.14. The maximum Gasteiger partial charge on any atom is 0.417 e. The van der Waals surface area contributed by atoms with E-state index >= 15 is 0 Å². The Morgan fingerprint density at radius 1 is 1.22 bits per heavy atom. The smallest absolute Gasteiger partial charge is 0.369 e. The summed E-state index contributed by atoms with van der Waals surface area (Å²) in [6.07, 6.45) is -2.94. The Morgan fingerprint density at radius 2 is 1.91 bits per heavy atom. The van der Waals surface area contributed by atoms with Gasteiger partial charge in [0.15, 0.2) is 0 Å². The average Bonchev–Trinajstić information content (AvgIpc) is 2.54. The summed E-state index contributed by atoms with van der Waals surface area (Å²) in [5.74, 6) is -0.0189. The predicted molar refractivity (Wildman–Crippen MR) is 82.8 cm³/mol. The Labute approximate surface area is 132 Å². The minimum absolute atomic E-state index is 0.0189. The number of halogens is 3. The molecule has 1 aromatic heterocycles. The van der Waals surface area contributed by atoms with Crippen LogP contribution in [-0.2, 0) is 6.18 Å². The molecular weight excluding hydrogens is 303 g/mol. The highest BCUT2D eigenvalue weighted by Crippen LogP contribution is 2.36. The molecule has 0 saturated carbocycles. The molecule has 1 heterocycles. The maximum atomic E-state index is 13.3. The van der Waals surface area contributed by atoms with E-state index in [-0.39, 0.29) is 11.5 Å². The van der Waals surface area contributed by atoms with Crippen LogP contribution in [0.5, 0.6) is 0 Å². The number of anilines is 1. The highest BCUT2D eigenvalue weighted by molar-refractivity contribution is 5.67. The van der Waals surface area contributed by atoms with Gasteiger partial charge < -0.3 is 5.32 Å². The molecule has 0 aliphatic rings. The van der Waals surface area contributed by atoms with Crippen LogP contribution >= 0.6 is 0 Å². The van der Waals surface area contributed by atoms with Gasteiger partial charge in [-0.05, 0) is 12.5 Å². The summed E-state index contributed by atoms with van der Waals surface area (Å²) in [5, 5.41) is 12.0. The summed E-state index contributed by atoms with van der Waals surface area (Å²) >= 11 is 0. The number of nitrogens with one attached hydrogen (secondary N) is 1. The van der Waals surface area contributed by atoms with Gasteiger partial charge in [0.1, 0.15) is 17.5 Å². The van der Waals surface area contributed by atoms with Crippen LogP contribution in [0.15, 0.2) is 36.4 Å². The zero-order valence-electron chi connectivity index (χ0n) is 12.6. The lowest BCUT2D eigenvalue weighted by molar-refractivity contribution is -0.137. The van der Waals surface area contributed by atoms with Crippen LogP contribution in [0.2, 0.25) is 0 Å². The third-order valence-electron chi connectivity index (χ3n) is 3.33. The van der Waals surface area contributed by atoms with Crippen molar-refractivity contribution >= 4 is 5.82 Å². The van der Waals surface area contributed by atoms with Gasteiger partial charge in [-0.15, -0.1) is 0 Å². The number of nitrogens with zero attached hydrogens (tertiary/aromatic N) is 2. The summed E-state index contributed by atoms with van der Waals surface area (Å²) in [4.78, 5) is 4.23.